The van der Waals surface area contributed by atoms with E-state index in [-0.39, 0.29) is 16.4 Å². The van der Waals surface area contributed by atoms with Crippen molar-refractivity contribution in [1.29, 1.82) is 0 Å². The molecule has 0 saturated heterocycles. The van der Waals surface area contributed by atoms with E-state index < -0.39 is 10.0 Å². The van der Waals surface area contributed by atoms with Crippen molar-refractivity contribution in [2.24, 2.45) is 5.10 Å². The van der Waals surface area contributed by atoms with Crippen molar-refractivity contribution in [3.05, 3.63) is 54.1 Å². The lowest BCUT2D eigenvalue weighted by atomic mass is 10.2. The lowest BCUT2D eigenvalue weighted by Gasteiger charge is -2.02. The minimum atomic E-state index is -3.71. The lowest BCUT2D eigenvalue weighted by Crippen LogP contribution is -2.18. The molecule has 3 N–H and O–H groups in total. The van der Waals surface area contributed by atoms with Gasteiger partial charge in [0.1, 0.15) is 0 Å². The molecular weight excluding hydrogens is 280 g/mol. The second kappa shape index (κ2) is 5.62. The number of phenols is 2. The number of phenolic OH excluding ortho intramolecular Hbond substituents is 2. The van der Waals surface area contributed by atoms with Crippen LogP contribution in [0.15, 0.2) is 58.5 Å². The van der Waals surface area contributed by atoms with Crippen molar-refractivity contribution >= 4 is 16.2 Å². The van der Waals surface area contributed by atoms with Gasteiger partial charge in [0.15, 0.2) is 11.5 Å². The van der Waals surface area contributed by atoms with Crippen LogP contribution in [0.25, 0.3) is 0 Å². The summed E-state index contributed by atoms with van der Waals surface area (Å²) in [6.45, 7) is 0. The van der Waals surface area contributed by atoms with Crippen LogP contribution in [-0.4, -0.2) is 24.8 Å². The number of benzene rings is 2. The van der Waals surface area contributed by atoms with Gasteiger partial charge in [0.25, 0.3) is 10.0 Å². The Kier molecular flexibility index (Phi) is 3.90. The Bertz CT molecular complexity index is 727. The zero-order valence-electron chi connectivity index (χ0n) is 10.3. The molecule has 0 heterocycles. The van der Waals surface area contributed by atoms with E-state index in [0.29, 0.717) is 5.56 Å². The molecule has 0 aliphatic heterocycles. The maximum Gasteiger partial charge on any atom is 0.276 e. The van der Waals surface area contributed by atoms with Gasteiger partial charge in [-0.15, -0.1) is 0 Å². The summed E-state index contributed by atoms with van der Waals surface area (Å²) in [6, 6.07) is 11.8. The van der Waals surface area contributed by atoms with Gasteiger partial charge >= 0.3 is 0 Å². The quantitative estimate of drug-likeness (QED) is 0.451. The summed E-state index contributed by atoms with van der Waals surface area (Å²) in [5.74, 6) is -0.563. The summed E-state index contributed by atoms with van der Waals surface area (Å²) >= 11 is 0. The van der Waals surface area contributed by atoms with E-state index in [1.807, 2.05) is 0 Å². The van der Waals surface area contributed by atoms with E-state index in [1.165, 1.54) is 36.5 Å². The summed E-state index contributed by atoms with van der Waals surface area (Å²) in [5.41, 5.74) is 0.441. The first-order valence-corrected chi connectivity index (χ1v) is 7.09. The molecule has 0 aliphatic carbocycles. The van der Waals surface area contributed by atoms with Gasteiger partial charge in [0.05, 0.1) is 11.1 Å². The van der Waals surface area contributed by atoms with Crippen LogP contribution in [0, 0.1) is 0 Å². The molecule has 0 spiro atoms. The number of hydrogen-bond donors (Lipinski definition) is 3. The summed E-state index contributed by atoms with van der Waals surface area (Å²) in [7, 11) is -3.71. The third-order valence-electron chi connectivity index (χ3n) is 2.44. The van der Waals surface area contributed by atoms with Gasteiger partial charge in [0.2, 0.25) is 0 Å². The molecule has 0 unspecified atom stereocenters. The largest absolute Gasteiger partial charge is 0.504 e. The average Bonchev–Trinajstić information content (AvgIpc) is 2.44. The number of hydrogen-bond acceptors (Lipinski definition) is 5. The molecule has 20 heavy (non-hydrogen) atoms. The zero-order chi connectivity index (χ0) is 14.6. The normalized spacial score (nSPS) is 11.6. The molecule has 7 heteroatoms. The minimum Gasteiger partial charge on any atom is -0.504 e. The van der Waals surface area contributed by atoms with Crippen molar-refractivity contribution < 1.29 is 18.6 Å². The van der Waals surface area contributed by atoms with Crippen LogP contribution in [0.4, 0.5) is 0 Å². The van der Waals surface area contributed by atoms with Crippen molar-refractivity contribution in [3.63, 3.8) is 0 Å². The fourth-order valence-electron chi connectivity index (χ4n) is 1.44. The van der Waals surface area contributed by atoms with Gasteiger partial charge in [-0.2, -0.15) is 13.5 Å². The molecule has 0 radical (unpaired) electrons. The number of hydrazone groups is 1. The molecule has 0 aromatic heterocycles. The molecule has 104 valence electrons. The van der Waals surface area contributed by atoms with Gasteiger partial charge < -0.3 is 10.2 Å². The third-order valence-corrected chi connectivity index (χ3v) is 3.68. The van der Waals surface area contributed by atoms with Gasteiger partial charge in [-0.3, -0.25) is 0 Å². The molecule has 2 aromatic carbocycles. The molecule has 0 aliphatic rings. The molecular formula is C13H12N2O4S. The molecule has 2 aromatic rings. The molecule has 0 fully saturated rings. The first-order valence-electron chi connectivity index (χ1n) is 5.61. The minimum absolute atomic E-state index is 0.103. The lowest BCUT2D eigenvalue weighted by molar-refractivity contribution is 0.403. The predicted octanol–water partition coefficient (Wildman–Crippen LogP) is 1.41. The van der Waals surface area contributed by atoms with E-state index in [4.69, 9.17) is 5.11 Å². The van der Waals surface area contributed by atoms with Crippen LogP contribution in [-0.2, 0) is 10.0 Å². The van der Waals surface area contributed by atoms with E-state index in [2.05, 4.69) is 9.93 Å². The first-order chi connectivity index (χ1) is 9.49. The second-order valence-electron chi connectivity index (χ2n) is 3.91. The zero-order valence-corrected chi connectivity index (χ0v) is 11.1. The first kappa shape index (κ1) is 13.9. The highest BCUT2D eigenvalue weighted by Gasteiger charge is 2.10. The Morgan fingerprint density at radius 3 is 2.35 bits per heavy atom. The maximum absolute atomic E-state index is 11.8. The standard InChI is InChI=1S/C13H12N2O4S/c16-12-7-6-10(8-13(12)17)9-14-15-20(18,19)11-4-2-1-3-5-11/h1-9,15-17H. The van der Waals surface area contributed by atoms with Crippen LogP contribution < -0.4 is 4.83 Å². The van der Waals surface area contributed by atoms with Gasteiger partial charge in [0, 0.05) is 0 Å². The molecule has 6 nitrogen and oxygen atoms in total. The highest BCUT2D eigenvalue weighted by atomic mass is 32.2. The second-order valence-corrected chi connectivity index (χ2v) is 5.57. The Morgan fingerprint density at radius 2 is 1.70 bits per heavy atom. The van der Waals surface area contributed by atoms with Crippen molar-refractivity contribution in [1.82, 2.24) is 4.83 Å². The molecule has 0 amide bonds. The van der Waals surface area contributed by atoms with Crippen LogP contribution in [0.1, 0.15) is 5.56 Å². The van der Waals surface area contributed by atoms with Gasteiger partial charge in [-0.05, 0) is 35.9 Å². The number of nitrogens with zero attached hydrogens (tertiary/aromatic N) is 1. The fourth-order valence-corrected chi connectivity index (χ4v) is 2.26. The van der Waals surface area contributed by atoms with E-state index >= 15 is 0 Å². The highest BCUT2D eigenvalue weighted by Crippen LogP contribution is 2.23. The Balaban J connectivity index is 2.12. The smallest absolute Gasteiger partial charge is 0.276 e. The Labute approximate surface area is 116 Å². The van der Waals surface area contributed by atoms with Gasteiger partial charge in [-0.1, -0.05) is 18.2 Å². The predicted molar refractivity (Wildman–Crippen MR) is 74.1 cm³/mol. The van der Waals surface area contributed by atoms with Crippen LogP contribution in [0.2, 0.25) is 0 Å². The van der Waals surface area contributed by atoms with Crippen molar-refractivity contribution in [3.8, 4) is 11.5 Å². The number of nitrogens with one attached hydrogen (secondary N) is 1. The summed E-state index contributed by atoms with van der Waals surface area (Å²) in [6.07, 6.45) is 1.22. The fraction of sp³-hybridized carbons (Fsp3) is 0. The molecule has 0 saturated carbocycles. The van der Waals surface area contributed by atoms with Crippen LogP contribution >= 0.6 is 0 Å². The van der Waals surface area contributed by atoms with Crippen molar-refractivity contribution in [2.75, 3.05) is 0 Å². The topological polar surface area (TPSA) is 99.0 Å². The number of sulfonamides is 1. The summed E-state index contributed by atoms with van der Waals surface area (Å²) in [5, 5.41) is 22.0. The SMILES string of the molecule is O=S(=O)(NN=Cc1ccc(O)c(O)c1)c1ccccc1. The monoisotopic (exact) mass is 292 g/mol. The molecule has 0 bridgehead atoms. The molecule has 0 atom stereocenters. The van der Waals surface area contributed by atoms with E-state index in [9.17, 15) is 13.5 Å². The van der Waals surface area contributed by atoms with Crippen LogP contribution in [0.5, 0.6) is 11.5 Å². The van der Waals surface area contributed by atoms with Crippen LogP contribution in [0.3, 0.4) is 0 Å². The Morgan fingerprint density at radius 1 is 1.00 bits per heavy atom. The molecule has 2 rings (SSSR count). The van der Waals surface area contributed by atoms with Gasteiger partial charge in [-0.25, -0.2) is 4.83 Å². The third kappa shape index (κ3) is 3.27. The number of rotatable bonds is 4. The average molecular weight is 292 g/mol. The summed E-state index contributed by atoms with van der Waals surface area (Å²) < 4.78 is 23.7. The highest BCUT2D eigenvalue weighted by molar-refractivity contribution is 7.89. The van der Waals surface area contributed by atoms with E-state index in [0.717, 1.165) is 0 Å². The van der Waals surface area contributed by atoms with Crippen molar-refractivity contribution in [2.45, 2.75) is 4.90 Å². The Hall–Kier alpha value is -2.54. The van der Waals surface area contributed by atoms with E-state index in [1.54, 1.807) is 18.2 Å². The summed E-state index contributed by atoms with van der Waals surface area (Å²) in [4.78, 5) is 2.16. The number of aromatic hydroxyl groups is 2. The maximum atomic E-state index is 11.8.